The zero-order valence-corrected chi connectivity index (χ0v) is 17.2. The number of aromatic nitrogens is 3. The Hall–Kier alpha value is -2.01. The van der Waals surface area contributed by atoms with Gasteiger partial charge in [-0.3, -0.25) is 4.90 Å². The van der Waals surface area contributed by atoms with Crippen LogP contribution in [0.15, 0.2) is 36.5 Å². The molecule has 27 heavy (non-hydrogen) atoms. The summed E-state index contributed by atoms with van der Waals surface area (Å²) in [4.78, 5) is 9.52. The molecule has 0 spiro atoms. The fourth-order valence-corrected chi connectivity index (χ4v) is 4.13. The van der Waals surface area contributed by atoms with Gasteiger partial charge in [0.25, 0.3) is 0 Å². The van der Waals surface area contributed by atoms with Crippen molar-refractivity contribution in [2.24, 2.45) is 0 Å². The van der Waals surface area contributed by atoms with E-state index in [9.17, 15) is 0 Å². The number of hydrogen-bond donors (Lipinski definition) is 1. The van der Waals surface area contributed by atoms with Crippen LogP contribution in [0.4, 0.5) is 11.4 Å². The van der Waals surface area contributed by atoms with Gasteiger partial charge in [0.2, 0.25) is 0 Å². The molecule has 1 fully saturated rings. The minimum absolute atomic E-state index is 0.589. The molecule has 1 N–H and O–H groups in total. The van der Waals surface area contributed by atoms with Crippen LogP contribution in [0.5, 0.6) is 0 Å². The summed E-state index contributed by atoms with van der Waals surface area (Å²) in [6.45, 7) is 9.78. The zero-order chi connectivity index (χ0) is 18.8. The van der Waals surface area contributed by atoms with Gasteiger partial charge in [0.15, 0.2) is 5.65 Å². The quantitative estimate of drug-likeness (QED) is 0.686. The lowest BCUT2D eigenvalue weighted by Crippen LogP contribution is -2.43. The molecular weight excluding hydrogens is 355 g/mol. The molecule has 2 aromatic heterocycles. The first-order valence-corrected chi connectivity index (χ1v) is 10.9. The van der Waals surface area contributed by atoms with Crippen molar-refractivity contribution in [1.29, 1.82) is 0 Å². The van der Waals surface area contributed by atoms with E-state index in [1.54, 1.807) is 0 Å². The van der Waals surface area contributed by atoms with E-state index in [2.05, 4.69) is 69.2 Å². The van der Waals surface area contributed by atoms with Crippen LogP contribution >= 0.6 is 8.73 Å². The molecule has 4 rings (SSSR count). The highest BCUT2D eigenvalue weighted by molar-refractivity contribution is 7.35. The molecule has 1 unspecified atom stereocenters. The summed E-state index contributed by atoms with van der Waals surface area (Å²) in [7, 11) is 2.78. The van der Waals surface area contributed by atoms with Crippen molar-refractivity contribution in [2.75, 3.05) is 45.2 Å². The molecule has 7 heteroatoms. The van der Waals surface area contributed by atoms with Gasteiger partial charge in [0.05, 0.1) is 17.6 Å². The minimum atomic E-state index is 0.589. The Labute approximate surface area is 162 Å². The standard InChI is InChI=1S/C20H27N6P/c1-15-19-12-18(13-21-20(19)26(23-15)27-3)22-17-6-4-16(5-7-17)14-25-10-8-24(2)9-11-25/h4-7,12-13,22,27H,8-11,14H2,1-3H3. The predicted molar refractivity (Wildman–Crippen MR) is 114 cm³/mol. The van der Waals surface area contributed by atoms with E-state index >= 15 is 0 Å². The summed E-state index contributed by atoms with van der Waals surface area (Å²) in [6.07, 6.45) is 1.89. The van der Waals surface area contributed by atoms with Gasteiger partial charge in [-0.1, -0.05) is 12.1 Å². The van der Waals surface area contributed by atoms with Crippen LogP contribution in [-0.4, -0.2) is 64.2 Å². The van der Waals surface area contributed by atoms with Crippen LogP contribution in [-0.2, 0) is 6.54 Å². The lowest BCUT2D eigenvalue weighted by molar-refractivity contribution is 0.148. The van der Waals surface area contributed by atoms with Crippen molar-refractivity contribution in [1.82, 2.24) is 24.3 Å². The first kappa shape index (κ1) is 18.4. The van der Waals surface area contributed by atoms with Gasteiger partial charge in [-0.2, -0.15) is 5.10 Å². The highest BCUT2D eigenvalue weighted by Crippen LogP contribution is 2.26. The van der Waals surface area contributed by atoms with E-state index in [0.29, 0.717) is 8.73 Å². The molecule has 1 saturated heterocycles. The molecule has 142 valence electrons. The molecule has 6 nitrogen and oxygen atoms in total. The molecule has 0 bridgehead atoms. The van der Waals surface area contributed by atoms with Crippen molar-refractivity contribution in [2.45, 2.75) is 13.5 Å². The molecule has 0 amide bonds. The number of piperazine rings is 1. The van der Waals surface area contributed by atoms with E-state index < -0.39 is 0 Å². The smallest absolute Gasteiger partial charge is 0.161 e. The van der Waals surface area contributed by atoms with E-state index in [1.807, 2.05) is 17.6 Å². The zero-order valence-electron chi connectivity index (χ0n) is 16.2. The van der Waals surface area contributed by atoms with E-state index in [-0.39, 0.29) is 0 Å². The van der Waals surface area contributed by atoms with Crippen LogP contribution < -0.4 is 5.32 Å². The number of rotatable bonds is 5. The summed E-state index contributed by atoms with van der Waals surface area (Å²) in [5.41, 5.74) is 5.43. The number of hydrogen-bond acceptors (Lipinski definition) is 5. The number of aryl methyl sites for hydroxylation is 1. The Morgan fingerprint density at radius 3 is 2.52 bits per heavy atom. The van der Waals surface area contributed by atoms with Crippen molar-refractivity contribution in [3.8, 4) is 0 Å². The molecule has 1 atom stereocenters. The highest BCUT2D eigenvalue weighted by atomic mass is 31.1. The maximum atomic E-state index is 4.60. The van der Waals surface area contributed by atoms with E-state index in [1.165, 1.54) is 5.56 Å². The average Bonchev–Trinajstić information content (AvgIpc) is 3.01. The molecular formula is C20H27N6P. The van der Waals surface area contributed by atoms with Crippen LogP contribution in [0.25, 0.3) is 11.0 Å². The Bertz CT molecular complexity index is 912. The third kappa shape index (κ3) is 4.13. The summed E-state index contributed by atoms with van der Waals surface area (Å²) >= 11 is 0. The first-order valence-electron chi connectivity index (χ1n) is 9.42. The Morgan fingerprint density at radius 2 is 1.81 bits per heavy atom. The molecule has 0 radical (unpaired) electrons. The maximum absolute atomic E-state index is 4.60. The summed E-state index contributed by atoms with van der Waals surface area (Å²) in [5, 5.41) is 9.14. The van der Waals surface area contributed by atoms with Gasteiger partial charge < -0.3 is 10.2 Å². The Morgan fingerprint density at radius 1 is 1.07 bits per heavy atom. The van der Waals surface area contributed by atoms with Crippen LogP contribution in [0, 0.1) is 6.92 Å². The third-order valence-electron chi connectivity index (χ3n) is 5.16. The summed E-state index contributed by atoms with van der Waals surface area (Å²) < 4.78 is 1.97. The van der Waals surface area contributed by atoms with E-state index in [4.69, 9.17) is 0 Å². The van der Waals surface area contributed by atoms with Gasteiger partial charge in [-0.25, -0.2) is 9.44 Å². The van der Waals surface area contributed by atoms with Gasteiger partial charge in [-0.05, 0) is 44.4 Å². The summed E-state index contributed by atoms with van der Waals surface area (Å²) in [5.74, 6) is 0. The molecule has 1 aliphatic rings. The van der Waals surface area contributed by atoms with Crippen molar-refractivity contribution < 1.29 is 0 Å². The second-order valence-electron chi connectivity index (χ2n) is 7.22. The molecule has 3 aromatic rings. The van der Waals surface area contributed by atoms with Crippen molar-refractivity contribution >= 4 is 31.1 Å². The molecule has 0 aliphatic carbocycles. The molecule has 3 heterocycles. The highest BCUT2D eigenvalue weighted by Gasteiger charge is 2.14. The van der Waals surface area contributed by atoms with Crippen LogP contribution in [0.1, 0.15) is 11.3 Å². The SMILES string of the molecule is CPn1nc(C)c2cc(Nc3ccc(CN4CCN(C)CC4)cc3)cnc21. The average molecular weight is 382 g/mol. The number of likely N-dealkylation sites (N-methyl/N-ethyl adjacent to an activating group) is 1. The lowest BCUT2D eigenvalue weighted by Gasteiger charge is -2.32. The van der Waals surface area contributed by atoms with Crippen LogP contribution in [0.2, 0.25) is 0 Å². The number of benzene rings is 1. The van der Waals surface area contributed by atoms with Gasteiger partial charge in [-0.15, -0.1) is 0 Å². The van der Waals surface area contributed by atoms with Crippen molar-refractivity contribution in [3.63, 3.8) is 0 Å². The first-order chi connectivity index (χ1) is 13.1. The topological polar surface area (TPSA) is 49.2 Å². The maximum Gasteiger partial charge on any atom is 0.161 e. The van der Waals surface area contributed by atoms with Gasteiger partial charge >= 0.3 is 0 Å². The fourth-order valence-electron chi connectivity index (χ4n) is 3.49. The monoisotopic (exact) mass is 382 g/mol. The van der Waals surface area contributed by atoms with E-state index in [0.717, 1.165) is 60.8 Å². The number of anilines is 2. The molecule has 1 aromatic carbocycles. The summed E-state index contributed by atoms with van der Waals surface area (Å²) in [6, 6.07) is 10.9. The number of pyridine rings is 1. The Kier molecular flexibility index (Phi) is 5.39. The normalized spacial score (nSPS) is 16.6. The minimum Gasteiger partial charge on any atom is -0.354 e. The van der Waals surface area contributed by atoms with Gasteiger partial charge in [0.1, 0.15) is 0 Å². The molecule has 0 saturated carbocycles. The number of nitrogens with one attached hydrogen (secondary N) is 1. The van der Waals surface area contributed by atoms with Crippen molar-refractivity contribution in [3.05, 3.63) is 47.8 Å². The second-order valence-corrected chi connectivity index (χ2v) is 8.09. The largest absolute Gasteiger partial charge is 0.354 e. The van der Waals surface area contributed by atoms with Gasteiger partial charge in [0, 0.05) is 52.5 Å². The lowest BCUT2D eigenvalue weighted by atomic mass is 10.1. The second kappa shape index (κ2) is 7.93. The fraction of sp³-hybridized carbons (Fsp3) is 0.400. The number of fused-ring (bicyclic) bond motifs is 1. The van der Waals surface area contributed by atoms with Crippen LogP contribution in [0.3, 0.4) is 0 Å². The molecule has 1 aliphatic heterocycles. The Balaban J connectivity index is 1.43. The third-order valence-corrected chi connectivity index (χ3v) is 5.90. The predicted octanol–water partition coefficient (Wildman–Crippen LogP) is 3.30. The number of nitrogens with zero attached hydrogens (tertiary/aromatic N) is 5.